The molecule has 3 N–H and O–H groups in total. The second kappa shape index (κ2) is 5.99. The highest BCUT2D eigenvalue weighted by atomic mass is 32.2. The fourth-order valence-corrected chi connectivity index (χ4v) is 4.69. The molecule has 1 amide bonds. The molecule has 2 aliphatic rings. The number of amides is 1. The summed E-state index contributed by atoms with van der Waals surface area (Å²) in [4.78, 5) is 14.1. The minimum Gasteiger partial charge on any atom is -0.368 e. The van der Waals surface area contributed by atoms with E-state index in [0.29, 0.717) is 26.1 Å². The van der Waals surface area contributed by atoms with E-state index in [9.17, 15) is 13.2 Å². The zero-order chi connectivity index (χ0) is 14.8. The number of nitrogens with one attached hydrogen (secondary N) is 1. The molecule has 1 aliphatic carbocycles. The number of nitrogens with zero attached hydrogens (tertiary/aromatic N) is 1. The predicted octanol–water partition coefficient (Wildman–Crippen LogP) is -0.507. The summed E-state index contributed by atoms with van der Waals surface area (Å²) in [6.07, 6.45) is 3.43. The Hall–Kier alpha value is -0.660. The van der Waals surface area contributed by atoms with Crippen LogP contribution in [0, 0.1) is 0 Å². The molecular formula is C13H25N3O3S. The molecule has 0 radical (unpaired) electrons. The summed E-state index contributed by atoms with van der Waals surface area (Å²) in [5.41, 5.74) is 4.99. The van der Waals surface area contributed by atoms with Gasteiger partial charge in [-0.15, -0.1) is 0 Å². The van der Waals surface area contributed by atoms with Crippen LogP contribution >= 0.6 is 0 Å². The van der Waals surface area contributed by atoms with Gasteiger partial charge in [-0.05, 0) is 32.2 Å². The van der Waals surface area contributed by atoms with Gasteiger partial charge in [-0.2, -0.15) is 0 Å². The van der Waals surface area contributed by atoms with Gasteiger partial charge in [-0.25, -0.2) is 8.42 Å². The Morgan fingerprint density at radius 1 is 1.40 bits per heavy atom. The average Bonchev–Trinajstić information content (AvgIpc) is 2.39. The summed E-state index contributed by atoms with van der Waals surface area (Å²) in [5, 5.41) is 3.26. The smallest absolute Gasteiger partial charge is 0.237 e. The van der Waals surface area contributed by atoms with Crippen LogP contribution in [0.1, 0.15) is 32.6 Å². The first-order chi connectivity index (χ1) is 9.38. The van der Waals surface area contributed by atoms with Crippen molar-refractivity contribution in [3.05, 3.63) is 0 Å². The maximum atomic E-state index is 11.8. The highest BCUT2D eigenvalue weighted by Gasteiger charge is 2.42. The van der Waals surface area contributed by atoms with Crippen molar-refractivity contribution in [2.24, 2.45) is 5.73 Å². The Balaban J connectivity index is 2.05. The summed E-state index contributed by atoms with van der Waals surface area (Å²) in [5.74, 6) is 0.177. The standard InChI is InChI=1S/C13H25N3O3S/c1-2-15-13(12(14)17)5-3-4-11(10-13)16-6-8-20(18,19)9-7-16/h11,15H,2-10H2,1H3,(H2,14,17). The van der Waals surface area contributed by atoms with Crippen LogP contribution in [0.4, 0.5) is 0 Å². The molecular weight excluding hydrogens is 278 g/mol. The van der Waals surface area contributed by atoms with Crippen LogP contribution in [-0.4, -0.2) is 61.9 Å². The van der Waals surface area contributed by atoms with Gasteiger partial charge in [0.2, 0.25) is 5.91 Å². The van der Waals surface area contributed by atoms with E-state index in [-0.39, 0.29) is 23.5 Å². The van der Waals surface area contributed by atoms with Crippen LogP contribution in [0.3, 0.4) is 0 Å². The fourth-order valence-electron chi connectivity index (χ4n) is 3.46. The first kappa shape index (κ1) is 15.7. The lowest BCUT2D eigenvalue weighted by atomic mass is 9.77. The van der Waals surface area contributed by atoms with Crippen molar-refractivity contribution in [1.82, 2.24) is 10.2 Å². The lowest BCUT2D eigenvalue weighted by molar-refractivity contribution is -0.126. The van der Waals surface area contributed by atoms with Gasteiger partial charge in [-0.1, -0.05) is 6.92 Å². The summed E-state index contributed by atoms with van der Waals surface area (Å²) < 4.78 is 23.0. The third-order valence-corrected chi connectivity index (χ3v) is 6.22. The van der Waals surface area contributed by atoms with Crippen LogP contribution in [-0.2, 0) is 14.6 Å². The lowest BCUT2D eigenvalue weighted by Gasteiger charge is -2.44. The maximum Gasteiger partial charge on any atom is 0.237 e. The van der Waals surface area contributed by atoms with Crippen molar-refractivity contribution in [2.45, 2.75) is 44.2 Å². The number of primary amides is 1. The number of hydrogen-bond donors (Lipinski definition) is 2. The van der Waals surface area contributed by atoms with Crippen LogP contribution in [0.25, 0.3) is 0 Å². The van der Waals surface area contributed by atoms with E-state index in [4.69, 9.17) is 5.73 Å². The number of carbonyl (C=O) groups is 1. The Bertz CT molecular complexity index is 447. The second-order valence-electron chi connectivity index (χ2n) is 5.91. The van der Waals surface area contributed by atoms with E-state index in [2.05, 4.69) is 10.2 Å². The van der Waals surface area contributed by atoms with Crippen LogP contribution in [0.15, 0.2) is 0 Å². The first-order valence-electron chi connectivity index (χ1n) is 7.38. The van der Waals surface area contributed by atoms with E-state index in [0.717, 1.165) is 19.3 Å². The van der Waals surface area contributed by atoms with Crippen LogP contribution in [0.5, 0.6) is 0 Å². The Morgan fingerprint density at radius 3 is 2.60 bits per heavy atom. The van der Waals surface area contributed by atoms with Crippen molar-refractivity contribution in [2.75, 3.05) is 31.1 Å². The molecule has 116 valence electrons. The molecule has 2 rings (SSSR count). The van der Waals surface area contributed by atoms with Crippen molar-refractivity contribution >= 4 is 15.7 Å². The summed E-state index contributed by atoms with van der Waals surface area (Å²) in [6, 6.07) is 0.255. The molecule has 2 fully saturated rings. The number of hydrogen-bond acceptors (Lipinski definition) is 5. The van der Waals surface area contributed by atoms with Crippen molar-refractivity contribution in [3.8, 4) is 0 Å². The minimum atomic E-state index is -2.86. The third kappa shape index (κ3) is 3.32. The number of sulfone groups is 1. The largest absolute Gasteiger partial charge is 0.368 e. The maximum absolute atomic E-state index is 11.8. The number of likely N-dealkylation sites (N-methyl/N-ethyl adjacent to an activating group) is 1. The van der Waals surface area contributed by atoms with Crippen molar-refractivity contribution in [3.63, 3.8) is 0 Å². The molecule has 20 heavy (non-hydrogen) atoms. The summed E-state index contributed by atoms with van der Waals surface area (Å²) >= 11 is 0. The van der Waals surface area contributed by atoms with Crippen LogP contribution in [0.2, 0.25) is 0 Å². The monoisotopic (exact) mass is 303 g/mol. The molecule has 0 aromatic rings. The molecule has 1 saturated heterocycles. The first-order valence-corrected chi connectivity index (χ1v) is 9.20. The quantitative estimate of drug-likeness (QED) is 0.730. The fraction of sp³-hybridized carbons (Fsp3) is 0.923. The number of nitrogens with two attached hydrogens (primary N) is 1. The highest BCUT2D eigenvalue weighted by Crippen LogP contribution is 2.31. The third-order valence-electron chi connectivity index (χ3n) is 4.61. The molecule has 2 unspecified atom stereocenters. The van der Waals surface area contributed by atoms with E-state index in [1.54, 1.807) is 0 Å². The second-order valence-corrected chi connectivity index (χ2v) is 8.22. The van der Waals surface area contributed by atoms with Gasteiger partial charge in [-0.3, -0.25) is 9.69 Å². The topological polar surface area (TPSA) is 92.5 Å². The molecule has 2 atom stereocenters. The normalized spacial score (nSPS) is 34.8. The number of rotatable bonds is 4. The minimum absolute atomic E-state index is 0.230. The molecule has 1 saturated carbocycles. The average molecular weight is 303 g/mol. The molecule has 0 bridgehead atoms. The van der Waals surface area contributed by atoms with Gasteiger partial charge >= 0.3 is 0 Å². The van der Waals surface area contributed by atoms with Gasteiger partial charge < -0.3 is 11.1 Å². The van der Waals surface area contributed by atoms with Gasteiger partial charge in [0.15, 0.2) is 9.84 Å². The van der Waals surface area contributed by atoms with Gasteiger partial charge in [0.1, 0.15) is 0 Å². The Morgan fingerprint density at radius 2 is 2.05 bits per heavy atom. The molecule has 0 aromatic carbocycles. The SMILES string of the molecule is CCNC1(C(N)=O)CCCC(N2CCS(=O)(=O)CC2)C1. The molecule has 7 heteroatoms. The molecule has 1 aliphatic heterocycles. The van der Waals surface area contributed by atoms with Crippen molar-refractivity contribution in [1.29, 1.82) is 0 Å². The molecule has 0 spiro atoms. The number of carbonyl (C=O) groups excluding carboxylic acids is 1. The van der Waals surface area contributed by atoms with E-state index in [1.807, 2.05) is 6.92 Å². The van der Waals surface area contributed by atoms with E-state index >= 15 is 0 Å². The zero-order valence-electron chi connectivity index (χ0n) is 12.1. The Kier molecular flexibility index (Phi) is 4.71. The summed E-state index contributed by atoms with van der Waals surface area (Å²) in [6.45, 7) is 3.84. The molecule has 1 heterocycles. The highest BCUT2D eigenvalue weighted by molar-refractivity contribution is 7.91. The zero-order valence-corrected chi connectivity index (χ0v) is 12.9. The Labute approximate surface area is 121 Å². The van der Waals surface area contributed by atoms with E-state index in [1.165, 1.54) is 0 Å². The van der Waals surface area contributed by atoms with Crippen molar-refractivity contribution < 1.29 is 13.2 Å². The van der Waals surface area contributed by atoms with E-state index < -0.39 is 15.4 Å². The van der Waals surface area contributed by atoms with Gasteiger partial charge in [0, 0.05) is 19.1 Å². The van der Waals surface area contributed by atoms with Gasteiger partial charge in [0.05, 0.1) is 17.0 Å². The van der Waals surface area contributed by atoms with Gasteiger partial charge in [0.25, 0.3) is 0 Å². The predicted molar refractivity (Wildman–Crippen MR) is 78.1 cm³/mol. The molecule has 6 nitrogen and oxygen atoms in total. The summed E-state index contributed by atoms with van der Waals surface area (Å²) in [7, 11) is -2.86. The van der Waals surface area contributed by atoms with Crippen LogP contribution < -0.4 is 11.1 Å². The lowest BCUT2D eigenvalue weighted by Crippen LogP contribution is -2.61. The molecule has 0 aromatic heterocycles.